The van der Waals surface area contributed by atoms with Crippen LogP contribution in [0.2, 0.25) is 0 Å². The molecule has 0 spiro atoms. The molecule has 0 radical (unpaired) electrons. The van der Waals surface area contributed by atoms with Crippen molar-refractivity contribution in [2.24, 2.45) is 0 Å². The van der Waals surface area contributed by atoms with Gasteiger partial charge in [-0.3, -0.25) is 4.79 Å². The summed E-state index contributed by atoms with van der Waals surface area (Å²) in [6.07, 6.45) is 0.887. The monoisotopic (exact) mass is 239 g/mol. The fourth-order valence-corrected chi connectivity index (χ4v) is 0.989. The first-order valence-electron chi connectivity index (χ1n) is 4.96. The van der Waals surface area contributed by atoms with Gasteiger partial charge in [0.25, 0.3) is 0 Å². The van der Waals surface area contributed by atoms with Crippen molar-refractivity contribution in [1.29, 1.82) is 0 Å². The molecule has 1 aromatic heterocycles. The Kier molecular flexibility index (Phi) is 5.29. The molecule has 0 saturated carbocycles. The summed E-state index contributed by atoms with van der Waals surface area (Å²) in [6, 6.07) is 5.40. The van der Waals surface area contributed by atoms with Gasteiger partial charge in [0, 0.05) is 6.20 Å². The smallest absolute Gasteiger partial charge is 0.407 e. The summed E-state index contributed by atoms with van der Waals surface area (Å²) in [6.45, 7) is 0.0754. The molecule has 3 N–H and O–H groups in total. The average Bonchev–Trinajstić information content (AvgIpc) is 2.33. The van der Waals surface area contributed by atoms with Gasteiger partial charge < -0.3 is 20.5 Å². The second kappa shape index (κ2) is 7.04. The van der Waals surface area contributed by atoms with Gasteiger partial charge in [-0.05, 0) is 12.1 Å². The number of hydrogen-bond donors (Lipinski definition) is 3. The molecule has 0 atom stereocenters. The third kappa shape index (κ3) is 5.98. The third-order valence-corrected chi connectivity index (χ3v) is 1.69. The highest BCUT2D eigenvalue weighted by Crippen LogP contribution is 1.98. The highest BCUT2D eigenvalue weighted by molar-refractivity contribution is 5.76. The third-order valence-electron chi connectivity index (χ3n) is 1.69. The average molecular weight is 239 g/mol. The number of nitrogens with one attached hydrogen (secondary N) is 2. The lowest BCUT2D eigenvalue weighted by Crippen LogP contribution is -2.31. The van der Waals surface area contributed by atoms with Crippen molar-refractivity contribution in [1.82, 2.24) is 10.3 Å². The Balaban J connectivity index is 2.08. The van der Waals surface area contributed by atoms with Gasteiger partial charge in [-0.2, -0.15) is 0 Å². The van der Waals surface area contributed by atoms with Crippen molar-refractivity contribution in [3.05, 3.63) is 24.4 Å². The van der Waals surface area contributed by atoms with Gasteiger partial charge in [0.15, 0.2) is 0 Å². The number of alkyl carbamates (subject to hydrolysis) is 1. The van der Waals surface area contributed by atoms with E-state index in [-0.39, 0.29) is 6.61 Å². The summed E-state index contributed by atoms with van der Waals surface area (Å²) in [5, 5.41) is 13.3. The minimum absolute atomic E-state index is 0.127. The number of pyridine rings is 1. The number of amides is 1. The van der Waals surface area contributed by atoms with E-state index in [0.717, 1.165) is 0 Å². The van der Waals surface area contributed by atoms with Crippen LogP contribution in [-0.4, -0.2) is 41.8 Å². The van der Waals surface area contributed by atoms with E-state index in [9.17, 15) is 9.59 Å². The van der Waals surface area contributed by atoms with Gasteiger partial charge in [0.1, 0.15) is 19.0 Å². The van der Waals surface area contributed by atoms with E-state index in [0.29, 0.717) is 12.4 Å². The molecular formula is C10H13N3O4. The van der Waals surface area contributed by atoms with Crippen molar-refractivity contribution in [3.63, 3.8) is 0 Å². The predicted octanol–water partition coefficient (Wildman–Crippen LogP) is 0.304. The first kappa shape index (κ1) is 12.8. The molecule has 1 amide bonds. The van der Waals surface area contributed by atoms with E-state index in [1.165, 1.54) is 0 Å². The predicted molar refractivity (Wildman–Crippen MR) is 59.7 cm³/mol. The molecule has 0 unspecified atom stereocenters. The standard InChI is InChI=1S/C10H13N3O4/c14-9(15)7-13-10(16)17-6-5-12-8-3-1-2-4-11-8/h1-4H,5-7H2,(H,11,12)(H,13,16)(H,14,15). The zero-order valence-corrected chi connectivity index (χ0v) is 9.05. The van der Waals surface area contributed by atoms with E-state index in [1.54, 1.807) is 18.3 Å². The van der Waals surface area contributed by atoms with Gasteiger partial charge in [-0.25, -0.2) is 9.78 Å². The number of nitrogens with zero attached hydrogens (tertiary/aromatic N) is 1. The van der Waals surface area contributed by atoms with E-state index >= 15 is 0 Å². The molecule has 7 heteroatoms. The second-order valence-corrected chi connectivity index (χ2v) is 3.02. The maximum atomic E-state index is 10.9. The maximum Gasteiger partial charge on any atom is 0.407 e. The number of anilines is 1. The molecule has 0 aliphatic rings. The van der Waals surface area contributed by atoms with Crippen molar-refractivity contribution < 1.29 is 19.4 Å². The van der Waals surface area contributed by atoms with Crippen LogP contribution in [0.1, 0.15) is 0 Å². The molecule has 0 aliphatic heterocycles. The fraction of sp³-hybridized carbons (Fsp3) is 0.300. The normalized spacial score (nSPS) is 9.41. The summed E-state index contributed by atoms with van der Waals surface area (Å²) >= 11 is 0. The Bertz CT molecular complexity index is 369. The lowest BCUT2D eigenvalue weighted by molar-refractivity contribution is -0.135. The summed E-state index contributed by atoms with van der Waals surface area (Å²) in [5.41, 5.74) is 0. The topological polar surface area (TPSA) is 101 Å². The van der Waals surface area contributed by atoms with Crippen LogP contribution in [0.15, 0.2) is 24.4 Å². The van der Waals surface area contributed by atoms with Gasteiger partial charge in [-0.1, -0.05) is 6.07 Å². The number of rotatable bonds is 6. The minimum Gasteiger partial charge on any atom is -0.480 e. The number of carboxylic acids is 1. The number of aromatic nitrogens is 1. The molecule has 0 aromatic carbocycles. The van der Waals surface area contributed by atoms with E-state index in [2.05, 4.69) is 15.6 Å². The maximum absolute atomic E-state index is 10.9. The van der Waals surface area contributed by atoms with Crippen LogP contribution in [0.25, 0.3) is 0 Å². The first-order valence-corrected chi connectivity index (χ1v) is 4.96. The number of aliphatic carboxylic acids is 1. The Labute approximate surface area is 97.8 Å². The fourth-order valence-electron chi connectivity index (χ4n) is 0.989. The molecule has 17 heavy (non-hydrogen) atoms. The molecule has 1 heterocycles. The Morgan fingerprint density at radius 3 is 2.88 bits per heavy atom. The molecule has 7 nitrogen and oxygen atoms in total. The van der Waals surface area contributed by atoms with Crippen molar-refractivity contribution in [3.8, 4) is 0 Å². The first-order chi connectivity index (χ1) is 8.18. The summed E-state index contributed by atoms with van der Waals surface area (Å²) in [4.78, 5) is 25.1. The molecule has 0 fully saturated rings. The molecule has 1 rings (SSSR count). The SMILES string of the molecule is O=C(O)CNC(=O)OCCNc1ccccn1. The number of carbonyl (C=O) groups excluding carboxylic acids is 1. The van der Waals surface area contributed by atoms with Crippen LogP contribution < -0.4 is 10.6 Å². The number of carbonyl (C=O) groups is 2. The van der Waals surface area contributed by atoms with Crippen molar-refractivity contribution >= 4 is 17.9 Å². The number of hydrogen-bond acceptors (Lipinski definition) is 5. The van der Waals surface area contributed by atoms with E-state index in [1.807, 2.05) is 6.07 Å². The Morgan fingerprint density at radius 2 is 2.24 bits per heavy atom. The molecule has 0 bridgehead atoms. The largest absolute Gasteiger partial charge is 0.480 e. The Hall–Kier alpha value is -2.31. The highest BCUT2D eigenvalue weighted by Gasteiger charge is 2.03. The minimum atomic E-state index is -1.12. The van der Waals surface area contributed by atoms with Crippen LogP contribution in [0.3, 0.4) is 0 Å². The molecule has 0 saturated heterocycles. The van der Waals surface area contributed by atoms with Crippen LogP contribution in [0.5, 0.6) is 0 Å². The van der Waals surface area contributed by atoms with E-state index in [4.69, 9.17) is 9.84 Å². The zero-order valence-electron chi connectivity index (χ0n) is 9.05. The molecular weight excluding hydrogens is 226 g/mol. The van der Waals surface area contributed by atoms with E-state index < -0.39 is 18.6 Å². The van der Waals surface area contributed by atoms with Gasteiger partial charge in [0.2, 0.25) is 0 Å². The van der Waals surface area contributed by atoms with Crippen LogP contribution >= 0.6 is 0 Å². The lowest BCUT2D eigenvalue weighted by atomic mass is 10.4. The Morgan fingerprint density at radius 1 is 1.41 bits per heavy atom. The van der Waals surface area contributed by atoms with Gasteiger partial charge in [-0.15, -0.1) is 0 Å². The lowest BCUT2D eigenvalue weighted by Gasteiger charge is -2.06. The second-order valence-electron chi connectivity index (χ2n) is 3.02. The zero-order chi connectivity index (χ0) is 12.5. The van der Waals surface area contributed by atoms with Crippen LogP contribution in [0, 0.1) is 0 Å². The summed E-state index contributed by atoms with van der Waals surface area (Å²) in [5.74, 6) is -0.435. The summed E-state index contributed by atoms with van der Waals surface area (Å²) < 4.78 is 4.71. The van der Waals surface area contributed by atoms with Gasteiger partial charge >= 0.3 is 12.1 Å². The molecule has 1 aromatic rings. The quantitative estimate of drug-likeness (QED) is 0.617. The highest BCUT2D eigenvalue weighted by atomic mass is 16.5. The van der Waals surface area contributed by atoms with Crippen LogP contribution in [0.4, 0.5) is 10.6 Å². The molecule has 92 valence electrons. The number of carboxylic acid groups (broad SMARTS) is 1. The summed E-state index contributed by atoms with van der Waals surface area (Å²) in [7, 11) is 0. The van der Waals surface area contributed by atoms with Crippen molar-refractivity contribution in [2.75, 3.05) is 25.0 Å². The number of ether oxygens (including phenoxy) is 1. The van der Waals surface area contributed by atoms with Crippen LogP contribution in [-0.2, 0) is 9.53 Å². The van der Waals surface area contributed by atoms with Gasteiger partial charge in [0.05, 0.1) is 6.54 Å². The van der Waals surface area contributed by atoms with Crippen molar-refractivity contribution in [2.45, 2.75) is 0 Å². The molecule has 0 aliphatic carbocycles.